The van der Waals surface area contributed by atoms with Gasteiger partial charge in [-0.05, 0) is 45.0 Å². The molecular formula is C20H24N4O3S. The van der Waals surface area contributed by atoms with Crippen molar-refractivity contribution >= 4 is 34.6 Å². The summed E-state index contributed by atoms with van der Waals surface area (Å²) in [5.74, 6) is 0.675. The van der Waals surface area contributed by atoms with Crippen molar-refractivity contribution in [2.24, 2.45) is 0 Å². The Kier molecular flexibility index (Phi) is 6.08. The van der Waals surface area contributed by atoms with Crippen LogP contribution in [0.3, 0.4) is 0 Å². The molecule has 2 heterocycles. The van der Waals surface area contributed by atoms with Gasteiger partial charge in [-0.3, -0.25) is 9.59 Å². The summed E-state index contributed by atoms with van der Waals surface area (Å²) in [6, 6.07) is 11.2. The third-order valence-corrected chi connectivity index (χ3v) is 4.78. The molecule has 1 aromatic carbocycles. The summed E-state index contributed by atoms with van der Waals surface area (Å²) in [4.78, 5) is 29.2. The molecule has 0 unspecified atom stereocenters. The molecule has 0 atom stereocenters. The Hall–Kier alpha value is -2.74. The van der Waals surface area contributed by atoms with Gasteiger partial charge in [0.15, 0.2) is 5.16 Å². The standard InChI is InChI=1S/C20H24N4O3S/c1-20(2,3)23-17(25)12-24-16-9-5-4-8-15(16)22-19(24)28-13-18(26)21-11-14-7-6-10-27-14/h4-10H,11-13H2,1-3H3,(H,21,26)(H,23,25). The number of aromatic nitrogens is 2. The predicted molar refractivity (Wildman–Crippen MR) is 109 cm³/mol. The lowest BCUT2D eigenvalue weighted by Gasteiger charge is -2.21. The molecule has 2 N–H and O–H groups in total. The Labute approximate surface area is 167 Å². The summed E-state index contributed by atoms with van der Waals surface area (Å²) >= 11 is 1.31. The van der Waals surface area contributed by atoms with Crippen molar-refractivity contribution in [3.63, 3.8) is 0 Å². The number of benzene rings is 1. The maximum Gasteiger partial charge on any atom is 0.240 e. The van der Waals surface area contributed by atoms with Gasteiger partial charge in [-0.15, -0.1) is 0 Å². The number of carbonyl (C=O) groups is 2. The molecule has 0 aliphatic rings. The Morgan fingerprint density at radius 1 is 1.14 bits per heavy atom. The lowest BCUT2D eigenvalue weighted by atomic mass is 10.1. The molecule has 0 radical (unpaired) electrons. The molecule has 0 fully saturated rings. The fourth-order valence-electron chi connectivity index (χ4n) is 2.70. The smallest absolute Gasteiger partial charge is 0.240 e. The van der Waals surface area contributed by atoms with Gasteiger partial charge in [0.25, 0.3) is 0 Å². The number of furan rings is 1. The Bertz CT molecular complexity index is 958. The number of nitrogens with one attached hydrogen (secondary N) is 2. The van der Waals surface area contributed by atoms with Gasteiger partial charge in [-0.25, -0.2) is 4.98 Å². The highest BCUT2D eigenvalue weighted by Gasteiger charge is 2.18. The molecule has 0 spiro atoms. The second-order valence-corrected chi connectivity index (χ2v) is 8.35. The van der Waals surface area contributed by atoms with Crippen LogP contribution in [-0.2, 0) is 22.7 Å². The Morgan fingerprint density at radius 2 is 1.93 bits per heavy atom. The molecule has 0 saturated carbocycles. The molecule has 3 rings (SSSR count). The maximum atomic E-state index is 12.4. The van der Waals surface area contributed by atoms with Crippen LogP contribution in [0.1, 0.15) is 26.5 Å². The average molecular weight is 401 g/mol. The summed E-state index contributed by atoms with van der Waals surface area (Å²) < 4.78 is 7.05. The quantitative estimate of drug-likeness (QED) is 0.595. The van der Waals surface area contributed by atoms with Gasteiger partial charge in [-0.1, -0.05) is 23.9 Å². The zero-order valence-corrected chi connectivity index (χ0v) is 17.0. The molecule has 148 valence electrons. The predicted octanol–water partition coefficient (Wildman–Crippen LogP) is 2.95. The van der Waals surface area contributed by atoms with Crippen LogP contribution in [0.5, 0.6) is 0 Å². The van der Waals surface area contributed by atoms with E-state index in [0.29, 0.717) is 17.5 Å². The van der Waals surface area contributed by atoms with Crippen molar-refractivity contribution in [3.05, 3.63) is 48.4 Å². The van der Waals surface area contributed by atoms with Crippen LogP contribution in [0.15, 0.2) is 52.2 Å². The molecule has 7 nitrogen and oxygen atoms in total. The first-order chi connectivity index (χ1) is 13.3. The van der Waals surface area contributed by atoms with E-state index in [-0.39, 0.29) is 29.7 Å². The number of fused-ring (bicyclic) bond motifs is 1. The summed E-state index contributed by atoms with van der Waals surface area (Å²) in [6.45, 7) is 6.31. The molecule has 0 aliphatic heterocycles. The van der Waals surface area contributed by atoms with Crippen LogP contribution in [-0.4, -0.2) is 32.7 Å². The highest BCUT2D eigenvalue weighted by atomic mass is 32.2. The summed E-state index contributed by atoms with van der Waals surface area (Å²) in [5, 5.41) is 6.41. The lowest BCUT2D eigenvalue weighted by molar-refractivity contribution is -0.123. The van der Waals surface area contributed by atoms with E-state index in [1.165, 1.54) is 11.8 Å². The van der Waals surface area contributed by atoms with Crippen molar-refractivity contribution in [3.8, 4) is 0 Å². The monoisotopic (exact) mass is 400 g/mol. The van der Waals surface area contributed by atoms with Crippen LogP contribution in [0.2, 0.25) is 0 Å². The molecular weight excluding hydrogens is 376 g/mol. The maximum absolute atomic E-state index is 12.4. The zero-order chi connectivity index (χ0) is 20.1. The van der Waals surface area contributed by atoms with Gasteiger partial charge in [0.2, 0.25) is 11.8 Å². The Balaban J connectivity index is 1.69. The minimum absolute atomic E-state index is 0.0974. The largest absolute Gasteiger partial charge is 0.467 e. The number of nitrogens with zero attached hydrogens (tertiary/aromatic N) is 2. The molecule has 3 aromatic rings. The van der Waals surface area contributed by atoms with E-state index in [1.54, 1.807) is 18.4 Å². The second-order valence-electron chi connectivity index (χ2n) is 7.41. The highest BCUT2D eigenvalue weighted by Crippen LogP contribution is 2.24. The average Bonchev–Trinajstić information content (AvgIpc) is 3.25. The van der Waals surface area contributed by atoms with E-state index in [1.807, 2.05) is 49.6 Å². The summed E-state index contributed by atoms with van der Waals surface area (Å²) in [7, 11) is 0. The number of hydrogen-bond acceptors (Lipinski definition) is 5. The van der Waals surface area contributed by atoms with E-state index in [0.717, 1.165) is 11.0 Å². The van der Waals surface area contributed by atoms with Gasteiger partial charge in [0, 0.05) is 5.54 Å². The molecule has 0 bridgehead atoms. The minimum Gasteiger partial charge on any atom is -0.467 e. The number of imidazole rings is 1. The molecule has 28 heavy (non-hydrogen) atoms. The van der Waals surface area contributed by atoms with Crippen LogP contribution < -0.4 is 10.6 Å². The molecule has 0 aliphatic carbocycles. The van der Waals surface area contributed by atoms with Gasteiger partial charge >= 0.3 is 0 Å². The third kappa shape index (κ3) is 5.39. The number of carbonyl (C=O) groups excluding carboxylic acids is 2. The van der Waals surface area contributed by atoms with E-state index in [4.69, 9.17) is 4.42 Å². The number of para-hydroxylation sites is 2. The second kappa shape index (κ2) is 8.52. The van der Waals surface area contributed by atoms with Crippen molar-refractivity contribution in [2.75, 3.05) is 5.75 Å². The number of rotatable bonds is 7. The first-order valence-corrected chi connectivity index (χ1v) is 9.98. The molecule has 2 amide bonds. The van der Waals surface area contributed by atoms with Crippen LogP contribution in [0.4, 0.5) is 0 Å². The van der Waals surface area contributed by atoms with Gasteiger partial charge in [0.1, 0.15) is 12.3 Å². The Morgan fingerprint density at radius 3 is 2.64 bits per heavy atom. The first kappa shape index (κ1) is 20.0. The lowest BCUT2D eigenvalue weighted by Crippen LogP contribution is -2.42. The minimum atomic E-state index is -0.313. The van der Waals surface area contributed by atoms with Crippen molar-refractivity contribution in [1.82, 2.24) is 20.2 Å². The number of amides is 2. The van der Waals surface area contributed by atoms with Crippen LogP contribution >= 0.6 is 11.8 Å². The van der Waals surface area contributed by atoms with E-state index in [2.05, 4.69) is 15.6 Å². The fourth-order valence-corrected chi connectivity index (χ4v) is 3.54. The summed E-state index contributed by atoms with van der Waals surface area (Å²) in [5.41, 5.74) is 1.35. The van der Waals surface area contributed by atoms with Crippen molar-refractivity contribution in [1.29, 1.82) is 0 Å². The summed E-state index contributed by atoms with van der Waals surface area (Å²) in [6.07, 6.45) is 1.57. The highest BCUT2D eigenvalue weighted by molar-refractivity contribution is 7.99. The van der Waals surface area contributed by atoms with E-state index < -0.39 is 0 Å². The first-order valence-electron chi connectivity index (χ1n) is 9.00. The van der Waals surface area contributed by atoms with Crippen LogP contribution in [0, 0.1) is 0 Å². The zero-order valence-electron chi connectivity index (χ0n) is 16.2. The van der Waals surface area contributed by atoms with Crippen molar-refractivity contribution in [2.45, 2.75) is 44.6 Å². The topological polar surface area (TPSA) is 89.2 Å². The SMILES string of the molecule is CC(C)(C)NC(=O)Cn1c(SCC(=O)NCc2ccco2)nc2ccccc21. The van der Waals surface area contributed by atoms with Crippen LogP contribution in [0.25, 0.3) is 11.0 Å². The van der Waals surface area contributed by atoms with Gasteiger partial charge in [-0.2, -0.15) is 0 Å². The number of thioether (sulfide) groups is 1. The number of hydrogen-bond donors (Lipinski definition) is 2. The van der Waals surface area contributed by atoms with E-state index in [9.17, 15) is 9.59 Å². The molecule has 0 saturated heterocycles. The van der Waals surface area contributed by atoms with Crippen molar-refractivity contribution < 1.29 is 14.0 Å². The molecule has 2 aromatic heterocycles. The van der Waals surface area contributed by atoms with E-state index >= 15 is 0 Å². The fraction of sp³-hybridized carbons (Fsp3) is 0.350. The third-order valence-electron chi connectivity index (χ3n) is 3.81. The normalized spacial score (nSPS) is 11.5. The van der Waals surface area contributed by atoms with Gasteiger partial charge < -0.3 is 19.6 Å². The van der Waals surface area contributed by atoms with Gasteiger partial charge in [0.05, 0.1) is 29.6 Å². The molecule has 8 heteroatoms.